The number of carbonyl (C=O) groups excluding carboxylic acids is 1. The topological polar surface area (TPSA) is 79.4 Å². The Morgan fingerprint density at radius 2 is 2.12 bits per heavy atom. The van der Waals surface area contributed by atoms with Gasteiger partial charge in [0.1, 0.15) is 11.5 Å². The highest BCUT2D eigenvalue weighted by molar-refractivity contribution is 7.91. The molecule has 1 unspecified atom stereocenters. The van der Waals surface area contributed by atoms with Crippen molar-refractivity contribution in [2.24, 2.45) is 0 Å². The minimum atomic E-state index is -2.97. The lowest BCUT2D eigenvalue weighted by atomic mass is 10.2. The molecule has 1 fully saturated rings. The fourth-order valence-electron chi connectivity index (χ4n) is 2.79. The van der Waals surface area contributed by atoms with Crippen molar-refractivity contribution in [3.05, 3.63) is 53.1 Å². The summed E-state index contributed by atoms with van der Waals surface area (Å²) < 4.78 is 36.4. The fourth-order valence-corrected chi connectivity index (χ4v) is 4.74. The highest BCUT2D eigenvalue weighted by atomic mass is 35.5. The third-order valence-corrected chi connectivity index (χ3v) is 6.36. The summed E-state index contributed by atoms with van der Waals surface area (Å²) in [5.41, 5.74) is 1.27. The summed E-state index contributed by atoms with van der Waals surface area (Å²) in [4.78, 5) is 18.2. The number of pyridine rings is 1. The van der Waals surface area contributed by atoms with Crippen LogP contribution in [0.5, 0.6) is 0 Å². The second kappa shape index (κ2) is 7.20. The number of amides is 1. The molecular weight excluding hydrogens is 381 g/mol. The number of carbonyl (C=O) groups is 1. The molecule has 1 atom stereocenters. The molecule has 1 aliphatic rings. The molecule has 0 bridgehead atoms. The first kappa shape index (κ1) is 18.6. The molecule has 1 aromatic heterocycles. The van der Waals surface area contributed by atoms with Crippen molar-refractivity contribution in [3.63, 3.8) is 0 Å². The number of sulfone groups is 1. The number of nitrogens with one attached hydrogen (secondary N) is 1. The van der Waals surface area contributed by atoms with Gasteiger partial charge in [0.15, 0.2) is 9.84 Å². The smallest absolute Gasteiger partial charge is 0.274 e. The van der Waals surface area contributed by atoms with Gasteiger partial charge in [-0.05, 0) is 36.8 Å². The molecule has 2 aromatic rings. The molecule has 1 saturated heterocycles. The van der Waals surface area contributed by atoms with Crippen LogP contribution in [0, 0.1) is 5.82 Å². The van der Waals surface area contributed by atoms with E-state index >= 15 is 0 Å². The second-order valence-corrected chi connectivity index (χ2v) is 8.79. The molecule has 0 radical (unpaired) electrons. The van der Waals surface area contributed by atoms with Gasteiger partial charge < -0.3 is 10.2 Å². The Bertz CT molecular complexity index is 935. The van der Waals surface area contributed by atoms with Gasteiger partial charge in [-0.25, -0.2) is 17.8 Å². The quantitative estimate of drug-likeness (QED) is 0.858. The highest BCUT2D eigenvalue weighted by Gasteiger charge is 2.30. The molecule has 6 nitrogen and oxygen atoms in total. The Kier molecular flexibility index (Phi) is 5.15. The molecule has 138 valence electrons. The van der Waals surface area contributed by atoms with Gasteiger partial charge in [0.25, 0.3) is 5.91 Å². The van der Waals surface area contributed by atoms with E-state index in [0.29, 0.717) is 12.1 Å². The lowest BCUT2D eigenvalue weighted by molar-refractivity contribution is 0.102. The minimum absolute atomic E-state index is 0.0840. The third kappa shape index (κ3) is 4.13. The van der Waals surface area contributed by atoms with Crippen LogP contribution in [-0.4, -0.2) is 43.9 Å². The maximum Gasteiger partial charge on any atom is 0.274 e. The van der Waals surface area contributed by atoms with E-state index in [1.165, 1.54) is 24.4 Å². The summed E-state index contributed by atoms with van der Waals surface area (Å²) in [5.74, 6) is -0.706. The molecule has 26 heavy (non-hydrogen) atoms. The number of rotatable bonds is 4. The molecule has 2 heterocycles. The SMILES string of the molecule is CN(c1ccc(C(=O)Nc2ccc(F)c(Cl)c2)nc1)C1CCS(=O)(=O)C1. The van der Waals surface area contributed by atoms with Gasteiger partial charge in [-0.3, -0.25) is 4.79 Å². The first-order valence-electron chi connectivity index (χ1n) is 7.91. The number of nitrogens with zero attached hydrogens (tertiary/aromatic N) is 2. The summed E-state index contributed by atoms with van der Waals surface area (Å²) in [6, 6.07) is 7.06. The lowest BCUT2D eigenvalue weighted by Gasteiger charge is -2.25. The zero-order chi connectivity index (χ0) is 18.9. The number of hydrogen-bond acceptors (Lipinski definition) is 5. The van der Waals surface area contributed by atoms with Crippen molar-refractivity contribution in [3.8, 4) is 0 Å². The van der Waals surface area contributed by atoms with Gasteiger partial charge in [-0.2, -0.15) is 0 Å². The number of hydrogen-bond donors (Lipinski definition) is 1. The average Bonchev–Trinajstić information content (AvgIpc) is 2.97. The molecule has 0 saturated carbocycles. The summed E-state index contributed by atoms with van der Waals surface area (Å²) >= 11 is 5.69. The second-order valence-electron chi connectivity index (χ2n) is 6.15. The average molecular weight is 398 g/mol. The number of anilines is 2. The van der Waals surface area contributed by atoms with Gasteiger partial charge in [0.05, 0.1) is 28.4 Å². The Hall–Kier alpha value is -2.19. The highest BCUT2D eigenvalue weighted by Crippen LogP contribution is 2.23. The Labute approximate surface area is 155 Å². The van der Waals surface area contributed by atoms with E-state index in [0.717, 1.165) is 5.69 Å². The molecule has 1 amide bonds. The Morgan fingerprint density at radius 3 is 2.69 bits per heavy atom. The van der Waals surface area contributed by atoms with E-state index in [1.54, 1.807) is 12.1 Å². The van der Waals surface area contributed by atoms with Crippen LogP contribution < -0.4 is 10.2 Å². The Balaban J connectivity index is 1.68. The van der Waals surface area contributed by atoms with Crippen LogP contribution in [-0.2, 0) is 9.84 Å². The van der Waals surface area contributed by atoms with Gasteiger partial charge >= 0.3 is 0 Å². The molecule has 9 heteroatoms. The molecule has 0 spiro atoms. The van der Waals surface area contributed by atoms with E-state index in [-0.39, 0.29) is 28.3 Å². The zero-order valence-electron chi connectivity index (χ0n) is 13.9. The largest absolute Gasteiger partial charge is 0.369 e. The molecule has 1 N–H and O–H groups in total. The normalized spacial score (nSPS) is 18.5. The van der Waals surface area contributed by atoms with E-state index in [2.05, 4.69) is 10.3 Å². The molecule has 3 rings (SSSR count). The maximum absolute atomic E-state index is 13.2. The van der Waals surface area contributed by atoms with E-state index in [1.807, 2.05) is 11.9 Å². The van der Waals surface area contributed by atoms with E-state index in [9.17, 15) is 17.6 Å². The van der Waals surface area contributed by atoms with Crippen molar-refractivity contribution < 1.29 is 17.6 Å². The first-order valence-corrected chi connectivity index (χ1v) is 10.1. The van der Waals surface area contributed by atoms with Crippen LogP contribution in [0.4, 0.5) is 15.8 Å². The summed E-state index contributed by atoms with van der Waals surface area (Å²) in [7, 11) is -1.17. The van der Waals surface area contributed by atoms with Crippen LogP contribution >= 0.6 is 11.6 Å². The fraction of sp³-hybridized carbons (Fsp3) is 0.294. The summed E-state index contributed by atoms with van der Waals surface area (Å²) in [6.07, 6.45) is 2.10. The first-order chi connectivity index (χ1) is 12.2. The van der Waals surface area contributed by atoms with Crippen LogP contribution in [0.15, 0.2) is 36.5 Å². The lowest BCUT2D eigenvalue weighted by Crippen LogP contribution is -2.32. The number of halogens is 2. The number of benzene rings is 1. The predicted octanol–water partition coefficient (Wildman–Crippen LogP) is 2.75. The van der Waals surface area contributed by atoms with Crippen LogP contribution in [0.2, 0.25) is 5.02 Å². The van der Waals surface area contributed by atoms with Crippen molar-refractivity contribution >= 4 is 38.7 Å². The van der Waals surface area contributed by atoms with Gasteiger partial charge in [0.2, 0.25) is 0 Å². The summed E-state index contributed by atoms with van der Waals surface area (Å²) in [5, 5.41) is 2.51. The van der Waals surface area contributed by atoms with Gasteiger partial charge in [-0.1, -0.05) is 11.6 Å². The van der Waals surface area contributed by atoms with Crippen molar-refractivity contribution in [1.82, 2.24) is 4.98 Å². The molecule has 1 aliphatic heterocycles. The molecule has 1 aromatic carbocycles. The number of aromatic nitrogens is 1. The van der Waals surface area contributed by atoms with E-state index in [4.69, 9.17) is 11.6 Å². The standard InChI is InChI=1S/C17H17ClFN3O3S/c1-22(13-6-7-26(24,25)10-13)12-3-5-16(20-9-12)17(23)21-11-2-4-15(19)14(18)8-11/h2-5,8-9,13H,6-7,10H2,1H3,(H,21,23). The predicted molar refractivity (Wildman–Crippen MR) is 99.1 cm³/mol. The summed E-state index contributed by atoms with van der Waals surface area (Å²) in [6.45, 7) is 0. The zero-order valence-corrected chi connectivity index (χ0v) is 15.5. The van der Waals surface area contributed by atoms with Crippen molar-refractivity contribution in [2.75, 3.05) is 28.8 Å². The maximum atomic E-state index is 13.2. The van der Waals surface area contributed by atoms with Crippen LogP contribution in [0.3, 0.4) is 0 Å². The third-order valence-electron chi connectivity index (χ3n) is 4.32. The van der Waals surface area contributed by atoms with Crippen molar-refractivity contribution in [1.29, 1.82) is 0 Å². The molecule has 0 aliphatic carbocycles. The molecular formula is C17H17ClFN3O3S. The monoisotopic (exact) mass is 397 g/mol. The Morgan fingerprint density at radius 1 is 1.35 bits per heavy atom. The van der Waals surface area contributed by atoms with Gasteiger partial charge in [-0.15, -0.1) is 0 Å². The minimum Gasteiger partial charge on any atom is -0.369 e. The van der Waals surface area contributed by atoms with E-state index < -0.39 is 21.6 Å². The van der Waals surface area contributed by atoms with Crippen LogP contribution in [0.25, 0.3) is 0 Å². The van der Waals surface area contributed by atoms with Crippen LogP contribution in [0.1, 0.15) is 16.9 Å². The van der Waals surface area contributed by atoms with Gasteiger partial charge in [0, 0.05) is 18.8 Å². The van der Waals surface area contributed by atoms with Crippen molar-refractivity contribution in [2.45, 2.75) is 12.5 Å².